The van der Waals surface area contributed by atoms with E-state index < -0.39 is 5.41 Å². The van der Waals surface area contributed by atoms with Crippen LogP contribution in [0, 0.1) is 5.41 Å². The molecule has 0 N–H and O–H groups in total. The van der Waals surface area contributed by atoms with Gasteiger partial charge in [0.2, 0.25) is 0 Å². The summed E-state index contributed by atoms with van der Waals surface area (Å²) < 4.78 is 5.64. The Morgan fingerprint density at radius 3 is 1.75 bits per heavy atom. The molecule has 0 fully saturated rings. The lowest BCUT2D eigenvalue weighted by atomic mass is 9.90. The van der Waals surface area contributed by atoms with E-state index in [2.05, 4.69) is 76.6 Å². The third-order valence-corrected chi connectivity index (χ3v) is 8.26. The largest absolute Gasteiger partial charge is 0.426 e. The number of alkyl halides is 1. The van der Waals surface area contributed by atoms with E-state index in [9.17, 15) is 4.79 Å². The van der Waals surface area contributed by atoms with Crippen LogP contribution in [-0.4, -0.2) is 11.3 Å². The number of carbonyl (C=O) groups excluding carboxylic acids is 1. The maximum absolute atomic E-state index is 12.5. The van der Waals surface area contributed by atoms with Gasteiger partial charge in [-0.2, -0.15) is 0 Å². The average Bonchev–Trinajstić information content (AvgIpc) is 2.76. The van der Waals surface area contributed by atoms with Gasteiger partial charge in [0.1, 0.15) is 5.75 Å². The highest BCUT2D eigenvalue weighted by Gasteiger charge is 2.33. The molecule has 0 aliphatic rings. The van der Waals surface area contributed by atoms with Gasteiger partial charge in [-0.3, -0.25) is 4.79 Å². The van der Waals surface area contributed by atoms with Crippen LogP contribution < -0.4 is 4.74 Å². The number of ether oxygens (including phenoxy) is 1. The van der Waals surface area contributed by atoms with Crippen molar-refractivity contribution in [1.82, 2.24) is 0 Å². The summed E-state index contributed by atoms with van der Waals surface area (Å²) in [6, 6.07) is 28.9. The Morgan fingerprint density at radius 1 is 0.857 bits per heavy atom. The fourth-order valence-electron chi connectivity index (χ4n) is 2.69. The fraction of sp³-hybridized carbons (Fsp3) is 0.208. The van der Waals surface area contributed by atoms with Crippen LogP contribution in [0.3, 0.4) is 0 Å². The Hall–Kier alpha value is -2.04. The minimum absolute atomic E-state index is 0.204. The van der Waals surface area contributed by atoms with Gasteiger partial charge < -0.3 is 4.74 Å². The Morgan fingerprint density at radius 2 is 1.32 bits per heavy atom. The standard InChI is InChI=1S/C24H24BrO2S/c1-3-24(2,18-25)23(26)27-19-14-16-22(17-15-19)28(20-10-6-4-7-11-20)21-12-8-5-9-13-21/h4-17H,3,18H2,1-2H3/q+1. The molecule has 0 aromatic heterocycles. The predicted octanol–water partition coefficient (Wildman–Crippen LogP) is 6.50. The smallest absolute Gasteiger partial charge is 0.318 e. The molecule has 3 aromatic rings. The summed E-state index contributed by atoms with van der Waals surface area (Å²) in [4.78, 5) is 16.2. The minimum Gasteiger partial charge on any atom is -0.426 e. The lowest BCUT2D eigenvalue weighted by molar-refractivity contribution is -0.143. The SMILES string of the molecule is CCC(C)(CBr)C(=O)Oc1ccc([S+](c2ccccc2)c2ccccc2)cc1. The van der Waals surface area contributed by atoms with Crippen molar-refractivity contribution in [3.63, 3.8) is 0 Å². The molecule has 0 heterocycles. The van der Waals surface area contributed by atoms with E-state index in [4.69, 9.17) is 4.74 Å². The first-order valence-corrected chi connectivity index (χ1v) is 11.6. The van der Waals surface area contributed by atoms with Crippen LogP contribution in [-0.2, 0) is 15.7 Å². The first-order valence-electron chi connectivity index (χ1n) is 9.30. The van der Waals surface area contributed by atoms with Crippen molar-refractivity contribution in [3.05, 3.63) is 84.9 Å². The van der Waals surface area contributed by atoms with E-state index >= 15 is 0 Å². The molecule has 0 bridgehead atoms. The van der Waals surface area contributed by atoms with Crippen LogP contribution in [0.4, 0.5) is 0 Å². The molecule has 0 aliphatic heterocycles. The summed E-state index contributed by atoms with van der Waals surface area (Å²) in [7, 11) is -0.204. The lowest BCUT2D eigenvalue weighted by Crippen LogP contribution is -2.32. The Balaban J connectivity index is 1.88. The van der Waals surface area contributed by atoms with Crippen molar-refractivity contribution < 1.29 is 9.53 Å². The molecular weight excluding hydrogens is 432 g/mol. The van der Waals surface area contributed by atoms with Crippen LogP contribution in [0.25, 0.3) is 0 Å². The van der Waals surface area contributed by atoms with E-state index in [1.54, 1.807) is 0 Å². The maximum atomic E-state index is 12.5. The van der Waals surface area contributed by atoms with Gasteiger partial charge in [-0.15, -0.1) is 0 Å². The molecule has 0 aliphatic carbocycles. The number of benzene rings is 3. The second-order valence-corrected chi connectivity index (χ2v) is 9.43. The Labute approximate surface area is 178 Å². The highest BCUT2D eigenvalue weighted by atomic mass is 79.9. The summed E-state index contributed by atoms with van der Waals surface area (Å²) in [6.45, 7) is 3.91. The van der Waals surface area contributed by atoms with Crippen molar-refractivity contribution in [2.75, 3.05) is 5.33 Å². The van der Waals surface area contributed by atoms with Crippen LogP contribution in [0.1, 0.15) is 20.3 Å². The first kappa shape index (κ1) is 20.7. The molecule has 3 rings (SSSR count). The second-order valence-electron chi connectivity index (χ2n) is 6.84. The number of halogens is 1. The first-order chi connectivity index (χ1) is 13.6. The molecule has 1 atom stereocenters. The minimum atomic E-state index is -0.517. The number of rotatable bonds is 7. The highest BCUT2D eigenvalue weighted by molar-refractivity contribution is 9.09. The van der Waals surface area contributed by atoms with Gasteiger partial charge >= 0.3 is 5.97 Å². The van der Waals surface area contributed by atoms with E-state index in [1.807, 2.05) is 38.1 Å². The van der Waals surface area contributed by atoms with Gasteiger partial charge in [-0.1, -0.05) is 59.3 Å². The lowest BCUT2D eigenvalue weighted by Gasteiger charge is -2.22. The van der Waals surface area contributed by atoms with Crippen LogP contribution in [0.15, 0.2) is 99.6 Å². The van der Waals surface area contributed by atoms with Crippen molar-refractivity contribution in [2.45, 2.75) is 35.0 Å². The van der Waals surface area contributed by atoms with Gasteiger partial charge in [0.25, 0.3) is 0 Å². The van der Waals surface area contributed by atoms with Crippen molar-refractivity contribution >= 4 is 32.8 Å². The number of carbonyl (C=O) groups is 1. The summed E-state index contributed by atoms with van der Waals surface area (Å²) in [5, 5.41) is 0.582. The van der Waals surface area contributed by atoms with Gasteiger partial charge in [-0.25, -0.2) is 0 Å². The normalized spacial score (nSPS) is 13.1. The van der Waals surface area contributed by atoms with E-state index in [-0.39, 0.29) is 16.9 Å². The molecule has 3 aromatic carbocycles. The number of hydrogen-bond acceptors (Lipinski definition) is 2. The molecule has 144 valence electrons. The van der Waals surface area contributed by atoms with Crippen molar-refractivity contribution in [1.29, 1.82) is 0 Å². The Kier molecular flexibility index (Phi) is 6.97. The molecule has 0 spiro atoms. The van der Waals surface area contributed by atoms with E-state index in [0.29, 0.717) is 11.1 Å². The molecule has 28 heavy (non-hydrogen) atoms. The van der Waals surface area contributed by atoms with Gasteiger partial charge in [0, 0.05) is 5.33 Å². The van der Waals surface area contributed by atoms with Crippen molar-refractivity contribution in [2.24, 2.45) is 5.41 Å². The second kappa shape index (κ2) is 9.44. The van der Waals surface area contributed by atoms with Gasteiger partial charge in [0.15, 0.2) is 14.7 Å². The zero-order chi connectivity index (χ0) is 20.0. The summed E-state index contributed by atoms with van der Waals surface area (Å²) in [6.07, 6.45) is 0.723. The molecule has 2 nitrogen and oxygen atoms in total. The summed E-state index contributed by atoms with van der Waals surface area (Å²) in [5.41, 5.74) is -0.517. The maximum Gasteiger partial charge on any atom is 0.318 e. The van der Waals surface area contributed by atoms with E-state index in [1.165, 1.54) is 14.7 Å². The monoisotopic (exact) mass is 455 g/mol. The Bertz CT molecular complexity index is 851. The molecule has 4 heteroatoms. The highest BCUT2D eigenvalue weighted by Crippen LogP contribution is 2.32. The third-order valence-electron chi connectivity index (χ3n) is 4.80. The molecule has 0 radical (unpaired) electrons. The zero-order valence-electron chi connectivity index (χ0n) is 16.1. The predicted molar refractivity (Wildman–Crippen MR) is 119 cm³/mol. The molecular formula is C24H24BrO2S+. The topological polar surface area (TPSA) is 26.3 Å². The zero-order valence-corrected chi connectivity index (χ0v) is 18.5. The number of esters is 1. The van der Waals surface area contributed by atoms with Crippen LogP contribution in [0.2, 0.25) is 0 Å². The molecule has 0 saturated carbocycles. The van der Waals surface area contributed by atoms with Gasteiger partial charge in [-0.05, 0) is 61.9 Å². The van der Waals surface area contributed by atoms with E-state index in [0.717, 1.165) is 6.42 Å². The summed E-state index contributed by atoms with van der Waals surface area (Å²) >= 11 is 3.43. The van der Waals surface area contributed by atoms with Gasteiger partial charge in [0.05, 0.1) is 16.3 Å². The van der Waals surface area contributed by atoms with Crippen LogP contribution in [0.5, 0.6) is 5.75 Å². The fourth-order valence-corrected chi connectivity index (χ4v) is 5.40. The average molecular weight is 456 g/mol. The summed E-state index contributed by atoms with van der Waals surface area (Å²) in [5.74, 6) is 0.379. The molecule has 0 amide bonds. The van der Waals surface area contributed by atoms with Crippen LogP contribution >= 0.6 is 15.9 Å². The van der Waals surface area contributed by atoms with Crippen molar-refractivity contribution in [3.8, 4) is 5.75 Å². The molecule has 1 unspecified atom stereocenters. The number of hydrogen-bond donors (Lipinski definition) is 0. The third kappa shape index (κ3) is 4.68. The molecule has 0 saturated heterocycles. The quantitative estimate of drug-likeness (QED) is 0.176.